The molecule has 0 aromatic heterocycles. The van der Waals surface area contributed by atoms with Gasteiger partial charge in [-0.15, -0.1) is 0 Å². The molecule has 1 aliphatic heterocycles. The van der Waals surface area contributed by atoms with Crippen LogP contribution in [0.2, 0.25) is 0 Å². The van der Waals surface area contributed by atoms with Crippen molar-refractivity contribution in [3.63, 3.8) is 0 Å². The standard InChI is InChI=1S/C11H21NO/c1-3-10(4-2)9(7-13)11(10)5-6-12-8-11/h9,12-13H,3-8H2,1-2H3. The van der Waals surface area contributed by atoms with Crippen LogP contribution >= 0.6 is 0 Å². The third-order valence-electron chi connectivity index (χ3n) is 4.88. The Morgan fingerprint density at radius 1 is 1.38 bits per heavy atom. The van der Waals surface area contributed by atoms with Gasteiger partial charge in [-0.1, -0.05) is 13.8 Å². The zero-order valence-corrected chi connectivity index (χ0v) is 8.77. The first kappa shape index (κ1) is 9.47. The summed E-state index contributed by atoms with van der Waals surface area (Å²) in [5.74, 6) is 0.574. The predicted molar refractivity (Wildman–Crippen MR) is 53.5 cm³/mol. The summed E-state index contributed by atoms with van der Waals surface area (Å²) in [5.41, 5.74) is 0.927. The van der Waals surface area contributed by atoms with Gasteiger partial charge in [0.05, 0.1) is 0 Å². The van der Waals surface area contributed by atoms with Crippen molar-refractivity contribution in [3.05, 3.63) is 0 Å². The van der Waals surface area contributed by atoms with Crippen LogP contribution in [0.15, 0.2) is 0 Å². The van der Waals surface area contributed by atoms with Crippen molar-refractivity contribution in [2.24, 2.45) is 16.7 Å². The van der Waals surface area contributed by atoms with E-state index in [0.717, 1.165) is 13.1 Å². The number of aliphatic hydroxyl groups is 1. The summed E-state index contributed by atoms with van der Waals surface area (Å²) in [4.78, 5) is 0. The van der Waals surface area contributed by atoms with Crippen LogP contribution in [0.3, 0.4) is 0 Å². The largest absolute Gasteiger partial charge is 0.396 e. The summed E-state index contributed by atoms with van der Waals surface area (Å²) in [6.07, 6.45) is 3.74. The minimum atomic E-state index is 0.392. The van der Waals surface area contributed by atoms with Gasteiger partial charge in [-0.2, -0.15) is 0 Å². The van der Waals surface area contributed by atoms with Crippen LogP contribution in [0.4, 0.5) is 0 Å². The monoisotopic (exact) mass is 183 g/mol. The highest BCUT2D eigenvalue weighted by Crippen LogP contribution is 2.74. The summed E-state index contributed by atoms with van der Waals surface area (Å²) >= 11 is 0. The zero-order valence-electron chi connectivity index (χ0n) is 8.77. The molecule has 1 spiro atoms. The minimum Gasteiger partial charge on any atom is -0.396 e. The molecule has 0 aromatic rings. The van der Waals surface area contributed by atoms with Gasteiger partial charge < -0.3 is 10.4 Å². The minimum absolute atomic E-state index is 0.392. The molecule has 76 valence electrons. The number of nitrogens with one attached hydrogen (secondary N) is 1. The van der Waals surface area contributed by atoms with E-state index >= 15 is 0 Å². The molecule has 2 aliphatic rings. The van der Waals surface area contributed by atoms with Crippen molar-refractivity contribution >= 4 is 0 Å². The van der Waals surface area contributed by atoms with E-state index in [1.807, 2.05) is 0 Å². The Labute approximate surface area is 80.7 Å². The molecule has 2 rings (SSSR count). The highest BCUT2D eigenvalue weighted by molar-refractivity contribution is 5.22. The molecule has 1 saturated carbocycles. The van der Waals surface area contributed by atoms with Crippen LogP contribution < -0.4 is 5.32 Å². The molecular weight excluding hydrogens is 162 g/mol. The average molecular weight is 183 g/mol. The van der Waals surface area contributed by atoms with Gasteiger partial charge in [0.1, 0.15) is 0 Å². The molecule has 0 bridgehead atoms. The van der Waals surface area contributed by atoms with Crippen molar-refractivity contribution in [1.29, 1.82) is 0 Å². The number of rotatable bonds is 3. The quantitative estimate of drug-likeness (QED) is 0.693. The fourth-order valence-corrected chi connectivity index (χ4v) is 4.07. The molecule has 0 amide bonds. The lowest BCUT2D eigenvalue weighted by molar-refractivity contribution is 0.241. The second kappa shape index (κ2) is 2.96. The fourth-order valence-electron chi connectivity index (χ4n) is 4.07. The van der Waals surface area contributed by atoms with Gasteiger partial charge in [0.15, 0.2) is 0 Å². The first-order valence-corrected chi connectivity index (χ1v) is 5.59. The van der Waals surface area contributed by atoms with E-state index in [1.54, 1.807) is 0 Å². The Morgan fingerprint density at radius 3 is 2.38 bits per heavy atom. The molecule has 2 N–H and O–H groups in total. The Balaban J connectivity index is 2.20. The van der Waals surface area contributed by atoms with Crippen molar-refractivity contribution < 1.29 is 5.11 Å². The summed E-state index contributed by atoms with van der Waals surface area (Å²) in [7, 11) is 0. The van der Waals surface area contributed by atoms with E-state index < -0.39 is 0 Å². The lowest BCUT2D eigenvalue weighted by Gasteiger charge is -2.17. The fraction of sp³-hybridized carbons (Fsp3) is 1.00. The maximum atomic E-state index is 9.40. The van der Waals surface area contributed by atoms with Gasteiger partial charge >= 0.3 is 0 Å². The molecule has 2 atom stereocenters. The molecular formula is C11H21NO. The number of hydrogen-bond acceptors (Lipinski definition) is 2. The van der Waals surface area contributed by atoms with E-state index in [-0.39, 0.29) is 0 Å². The Kier molecular flexibility index (Phi) is 2.16. The molecule has 2 unspecified atom stereocenters. The average Bonchev–Trinajstić information content (AvgIpc) is 2.47. The van der Waals surface area contributed by atoms with Crippen LogP contribution in [-0.4, -0.2) is 24.8 Å². The summed E-state index contributed by atoms with van der Waals surface area (Å²) in [6.45, 7) is 7.24. The Hall–Kier alpha value is -0.0800. The molecule has 2 nitrogen and oxygen atoms in total. The van der Waals surface area contributed by atoms with Crippen LogP contribution in [0.1, 0.15) is 33.1 Å². The van der Waals surface area contributed by atoms with E-state index in [2.05, 4.69) is 19.2 Å². The van der Waals surface area contributed by atoms with Crippen LogP contribution in [0.5, 0.6) is 0 Å². The summed E-state index contributed by atoms with van der Waals surface area (Å²) in [6, 6.07) is 0. The Morgan fingerprint density at radius 2 is 2.08 bits per heavy atom. The third-order valence-corrected chi connectivity index (χ3v) is 4.88. The molecule has 0 aromatic carbocycles. The molecule has 2 heteroatoms. The van der Waals surface area contributed by atoms with Crippen molar-refractivity contribution in [3.8, 4) is 0 Å². The second-order valence-corrected chi connectivity index (χ2v) is 4.68. The smallest absolute Gasteiger partial charge is 0.0470 e. The normalized spacial score (nSPS) is 41.3. The van der Waals surface area contributed by atoms with Gasteiger partial charge in [-0.05, 0) is 42.6 Å². The maximum Gasteiger partial charge on any atom is 0.0470 e. The van der Waals surface area contributed by atoms with Gasteiger partial charge in [0.2, 0.25) is 0 Å². The predicted octanol–water partition coefficient (Wildman–Crippen LogP) is 1.39. The van der Waals surface area contributed by atoms with Gasteiger partial charge in [-0.3, -0.25) is 0 Å². The lowest BCUT2D eigenvalue weighted by atomic mass is 9.87. The van der Waals surface area contributed by atoms with Crippen molar-refractivity contribution in [1.82, 2.24) is 5.32 Å². The van der Waals surface area contributed by atoms with Gasteiger partial charge in [-0.25, -0.2) is 0 Å². The first-order chi connectivity index (χ1) is 6.27. The zero-order chi connectivity index (χ0) is 9.53. The van der Waals surface area contributed by atoms with E-state index in [0.29, 0.717) is 23.4 Å². The summed E-state index contributed by atoms with van der Waals surface area (Å²) in [5, 5.41) is 12.9. The molecule has 0 radical (unpaired) electrons. The maximum absolute atomic E-state index is 9.40. The molecule has 13 heavy (non-hydrogen) atoms. The van der Waals surface area contributed by atoms with Crippen LogP contribution in [0, 0.1) is 16.7 Å². The van der Waals surface area contributed by atoms with Crippen molar-refractivity contribution in [2.75, 3.05) is 19.7 Å². The van der Waals surface area contributed by atoms with Crippen LogP contribution in [-0.2, 0) is 0 Å². The van der Waals surface area contributed by atoms with E-state index in [9.17, 15) is 5.11 Å². The van der Waals surface area contributed by atoms with Gasteiger partial charge in [0, 0.05) is 13.2 Å². The number of aliphatic hydroxyl groups excluding tert-OH is 1. The molecule has 2 fully saturated rings. The first-order valence-electron chi connectivity index (χ1n) is 5.59. The van der Waals surface area contributed by atoms with E-state index in [4.69, 9.17) is 0 Å². The third kappa shape index (κ3) is 0.909. The van der Waals surface area contributed by atoms with Crippen LogP contribution in [0.25, 0.3) is 0 Å². The molecule has 1 saturated heterocycles. The molecule has 1 heterocycles. The molecule has 1 aliphatic carbocycles. The van der Waals surface area contributed by atoms with E-state index in [1.165, 1.54) is 19.3 Å². The van der Waals surface area contributed by atoms with Gasteiger partial charge in [0.25, 0.3) is 0 Å². The van der Waals surface area contributed by atoms with Crippen molar-refractivity contribution in [2.45, 2.75) is 33.1 Å². The Bertz CT molecular complexity index is 188. The highest BCUT2D eigenvalue weighted by atomic mass is 16.3. The lowest BCUT2D eigenvalue weighted by Crippen LogP contribution is -2.16. The second-order valence-electron chi connectivity index (χ2n) is 4.68. The summed E-state index contributed by atoms with van der Waals surface area (Å²) < 4.78 is 0. The SMILES string of the molecule is CCC1(CC)C(CO)C12CCNC2. The topological polar surface area (TPSA) is 32.3 Å². The highest BCUT2D eigenvalue weighted by Gasteiger charge is 2.73. The number of hydrogen-bond donors (Lipinski definition) is 2.